The summed E-state index contributed by atoms with van der Waals surface area (Å²) in [6, 6.07) is 12.4. The van der Waals surface area contributed by atoms with Gasteiger partial charge in [-0.15, -0.1) is 0 Å². The van der Waals surface area contributed by atoms with E-state index in [9.17, 15) is 9.59 Å². The van der Waals surface area contributed by atoms with E-state index in [1.807, 2.05) is 19.1 Å². The molecule has 0 radical (unpaired) electrons. The number of carbonyl (C=O) groups excluding carboxylic acids is 2. The average Bonchev–Trinajstić information content (AvgIpc) is 3.32. The molecule has 1 saturated heterocycles. The summed E-state index contributed by atoms with van der Waals surface area (Å²) >= 11 is 1.23. The largest absolute Gasteiger partial charge is 0.494 e. The molecule has 2 aliphatic heterocycles. The maximum Gasteiger partial charge on any atom is 0.247 e. The van der Waals surface area contributed by atoms with Gasteiger partial charge >= 0.3 is 0 Å². The van der Waals surface area contributed by atoms with Crippen molar-refractivity contribution in [3.05, 3.63) is 42.5 Å². The minimum atomic E-state index is -0.552. The van der Waals surface area contributed by atoms with E-state index in [0.717, 1.165) is 5.69 Å². The highest BCUT2D eigenvalue weighted by Crippen LogP contribution is 2.35. The third-order valence-corrected chi connectivity index (χ3v) is 5.75. The summed E-state index contributed by atoms with van der Waals surface area (Å²) < 4.78 is 16.1. The van der Waals surface area contributed by atoms with Crippen molar-refractivity contribution in [2.24, 2.45) is 4.99 Å². The Morgan fingerprint density at radius 2 is 1.97 bits per heavy atom. The maximum absolute atomic E-state index is 12.9. The van der Waals surface area contributed by atoms with Gasteiger partial charge in [-0.05, 0) is 43.3 Å². The number of ether oxygens (including phenoxy) is 3. The number of nitrogens with zero attached hydrogens (tertiary/aromatic N) is 2. The molecule has 0 bridgehead atoms. The van der Waals surface area contributed by atoms with E-state index in [-0.39, 0.29) is 25.0 Å². The fourth-order valence-corrected chi connectivity index (χ4v) is 4.18. The molecule has 1 atom stereocenters. The van der Waals surface area contributed by atoms with E-state index in [0.29, 0.717) is 34.7 Å². The molecule has 2 heterocycles. The molecule has 8 nitrogen and oxygen atoms in total. The molecule has 1 N–H and O–H groups in total. The van der Waals surface area contributed by atoms with Crippen molar-refractivity contribution in [2.75, 3.05) is 30.7 Å². The minimum Gasteiger partial charge on any atom is -0.494 e. The molecule has 9 heteroatoms. The van der Waals surface area contributed by atoms with E-state index in [4.69, 9.17) is 14.2 Å². The number of amides is 2. The number of thioether (sulfide) groups is 1. The van der Waals surface area contributed by atoms with Crippen LogP contribution in [-0.4, -0.2) is 42.7 Å². The molecule has 0 unspecified atom stereocenters. The number of hydrogen-bond acceptors (Lipinski definition) is 7. The van der Waals surface area contributed by atoms with Crippen molar-refractivity contribution in [3.8, 4) is 17.2 Å². The summed E-state index contributed by atoms with van der Waals surface area (Å²) in [5.41, 5.74) is 1.29. The lowest BCUT2D eigenvalue weighted by Crippen LogP contribution is -2.31. The van der Waals surface area contributed by atoms with Crippen LogP contribution in [-0.2, 0) is 9.59 Å². The summed E-state index contributed by atoms with van der Waals surface area (Å²) in [6.45, 7) is 2.64. The van der Waals surface area contributed by atoms with Crippen LogP contribution >= 0.6 is 11.8 Å². The number of benzene rings is 2. The van der Waals surface area contributed by atoms with Gasteiger partial charge in [0.05, 0.1) is 12.3 Å². The molecule has 0 saturated carbocycles. The van der Waals surface area contributed by atoms with E-state index in [1.54, 1.807) is 37.4 Å². The number of fused-ring (bicyclic) bond motifs is 1. The summed E-state index contributed by atoms with van der Waals surface area (Å²) in [7, 11) is 1.63. The van der Waals surface area contributed by atoms with Crippen LogP contribution in [0.2, 0.25) is 0 Å². The first-order valence-corrected chi connectivity index (χ1v) is 10.4. The Balaban J connectivity index is 1.43. The highest BCUT2D eigenvalue weighted by Gasteiger charge is 2.40. The van der Waals surface area contributed by atoms with Crippen LogP contribution in [0.4, 0.5) is 11.4 Å². The lowest BCUT2D eigenvalue weighted by atomic mass is 10.3. The van der Waals surface area contributed by atoms with Crippen LogP contribution in [0.5, 0.6) is 17.2 Å². The molecule has 156 valence electrons. The first kappa shape index (κ1) is 20.1. The summed E-state index contributed by atoms with van der Waals surface area (Å²) in [6.07, 6.45) is 0.110. The van der Waals surface area contributed by atoms with Crippen LogP contribution in [0, 0.1) is 0 Å². The van der Waals surface area contributed by atoms with Gasteiger partial charge in [-0.1, -0.05) is 11.8 Å². The van der Waals surface area contributed by atoms with Crippen molar-refractivity contribution < 1.29 is 23.8 Å². The number of aliphatic imine (C=N–C) groups is 1. The number of imide groups is 1. The number of rotatable bonds is 5. The predicted molar refractivity (Wildman–Crippen MR) is 116 cm³/mol. The smallest absolute Gasteiger partial charge is 0.247 e. The molecule has 4 rings (SSSR count). The van der Waals surface area contributed by atoms with Gasteiger partial charge in [0.25, 0.3) is 0 Å². The van der Waals surface area contributed by atoms with Gasteiger partial charge in [0.1, 0.15) is 11.0 Å². The van der Waals surface area contributed by atoms with Gasteiger partial charge in [-0.2, -0.15) is 0 Å². The Hall–Kier alpha value is -3.20. The van der Waals surface area contributed by atoms with Gasteiger partial charge in [-0.25, -0.2) is 4.90 Å². The highest BCUT2D eigenvalue weighted by atomic mass is 32.2. The highest BCUT2D eigenvalue weighted by molar-refractivity contribution is 8.15. The Labute approximate surface area is 178 Å². The first-order valence-electron chi connectivity index (χ1n) is 9.49. The van der Waals surface area contributed by atoms with Gasteiger partial charge in [-0.3, -0.25) is 14.6 Å². The van der Waals surface area contributed by atoms with Gasteiger partial charge in [0, 0.05) is 25.2 Å². The molecule has 0 aliphatic carbocycles. The van der Waals surface area contributed by atoms with Gasteiger partial charge in [0.2, 0.25) is 18.6 Å². The van der Waals surface area contributed by atoms with Crippen molar-refractivity contribution in [1.29, 1.82) is 0 Å². The van der Waals surface area contributed by atoms with Gasteiger partial charge in [0.15, 0.2) is 16.7 Å². The SMILES string of the molecule is CCOc1ccc(N2C(=O)C[C@@H](SC(=NC)Nc3ccc4c(c3)OCO4)C2=O)cc1. The second-order valence-corrected chi connectivity index (χ2v) is 7.72. The van der Waals surface area contributed by atoms with Crippen LogP contribution in [0.1, 0.15) is 13.3 Å². The Morgan fingerprint density at radius 3 is 2.70 bits per heavy atom. The van der Waals surface area contributed by atoms with Crippen LogP contribution in [0.3, 0.4) is 0 Å². The minimum absolute atomic E-state index is 0.110. The van der Waals surface area contributed by atoms with Crippen molar-refractivity contribution in [2.45, 2.75) is 18.6 Å². The number of amidine groups is 1. The topological polar surface area (TPSA) is 89.5 Å². The molecule has 30 heavy (non-hydrogen) atoms. The van der Waals surface area contributed by atoms with Crippen molar-refractivity contribution in [1.82, 2.24) is 0 Å². The zero-order valence-electron chi connectivity index (χ0n) is 16.6. The van der Waals surface area contributed by atoms with E-state index in [1.165, 1.54) is 16.7 Å². The monoisotopic (exact) mass is 427 g/mol. The van der Waals surface area contributed by atoms with Gasteiger partial charge < -0.3 is 19.5 Å². The molecular formula is C21H21N3O5S. The summed E-state index contributed by atoms with van der Waals surface area (Å²) in [4.78, 5) is 30.9. The van der Waals surface area contributed by atoms with Crippen molar-refractivity contribution in [3.63, 3.8) is 0 Å². The lowest BCUT2D eigenvalue weighted by molar-refractivity contribution is -0.121. The average molecular weight is 427 g/mol. The second-order valence-electron chi connectivity index (χ2n) is 6.53. The number of carbonyl (C=O) groups is 2. The molecule has 1 fully saturated rings. The molecule has 0 aromatic heterocycles. The summed E-state index contributed by atoms with van der Waals surface area (Å²) in [5, 5.41) is 3.16. The van der Waals surface area contributed by atoms with E-state index >= 15 is 0 Å². The normalized spacial score (nSPS) is 18.1. The Bertz CT molecular complexity index is 993. The zero-order valence-corrected chi connectivity index (χ0v) is 17.4. The summed E-state index contributed by atoms with van der Waals surface area (Å²) in [5.74, 6) is 1.53. The number of nitrogens with one attached hydrogen (secondary N) is 1. The Kier molecular flexibility index (Phi) is 5.80. The van der Waals surface area contributed by atoms with Crippen LogP contribution in [0.15, 0.2) is 47.5 Å². The molecule has 2 aromatic rings. The van der Waals surface area contributed by atoms with Crippen molar-refractivity contribution >= 4 is 40.1 Å². The molecule has 0 spiro atoms. The number of hydrogen-bond donors (Lipinski definition) is 1. The molecule has 2 amide bonds. The van der Waals surface area contributed by atoms with E-state index in [2.05, 4.69) is 10.3 Å². The predicted octanol–water partition coefficient (Wildman–Crippen LogP) is 3.28. The fraction of sp³-hybridized carbons (Fsp3) is 0.286. The lowest BCUT2D eigenvalue weighted by Gasteiger charge is -2.16. The third-order valence-electron chi connectivity index (χ3n) is 4.59. The molecule has 2 aromatic carbocycles. The molecule has 2 aliphatic rings. The third kappa shape index (κ3) is 4.06. The fourth-order valence-electron chi connectivity index (χ4n) is 3.20. The second kappa shape index (κ2) is 8.66. The van der Waals surface area contributed by atoms with Crippen LogP contribution < -0.4 is 24.4 Å². The number of anilines is 2. The Morgan fingerprint density at radius 1 is 1.20 bits per heavy atom. The standard InChI is InChI=1S/C21H21N3O5S/c1-3-27-15-7-5-14(6-8-15)24-19(25)11-18(20(24)26)30-21(22-2)23-13-4-9-16-17(10-13)29-12-28-16/h4-10,18H,3,11-12H2,1-2H3,(H,22,23)/t18-/m1/s1. The quantitative estimate of drug-likeness (QED) is 0.445. The van der Waals surface area contributed by atoms with E-state index < -0.39 is 5.25 Å². The van der Waals surface area contributed by atoms with Crippen LogP contribution in [0.25, 0.3) is 0 Å². The zero-order chi connectivity index (χ0) is 21.1. The first-order chi connectivity index (χ1) is 14.6. The maximum atomic E-state index is 12.9. The molecular weight excluding hydrogens is 406 g/mol.